The normalized spacial score (nSPS) is 37.8. The van der Waals surface area contributed by atoms with Gasteiger partial charge in [0.25, 0.3) is 5.17 Å². The highest BCUT2D eigenvalue weighted by Crippen LogP contribution is 2.65. The molecule has 21 heavy (non-hydrogen) atoms. The van der Waals surface area contributed by atoms with E-state index in [9.17, 15) is 9.90 Å². The number of carbonyl (C=O) groups excluding carboxylic acids is 1. The summed E-state index contributed by atoms with van der Waals surface area (Å²) in [6.07, 6.45) is 2.61. The monoisotopic (exact) mass is 311 g/mol. The van der Waals surface area contributed by atoms with Crippen LogP contribution in [0.4, 0.5) is 0 Å². The minimum Gasteiger partial charge on any atom is -0.465 e. The molecule has 4 atom stereocenters. The Hall–Kier alpha value is -0.680. The van der Waals surface area contributed by atoms with Crippen LogP contribution in [0.2, 0.25) is 0 Å². The largest absolute Gasteiger partial charge is 0.465 e. The number of nitrogens with zero attached hydrogens (tertiary/aromatic N) is 1. The van der Waals surface area contributed by atoms with Crippen LogP contribution >= 0.6 is 12.2 Å². The summed E-state index contributed by atoms with van der Waals surface area (Å²) in [5.74, 6) is 0.572. The molecule has 3 aliphatic rings. The molecule has 2 bridgehead atoms. The van der Waals surface area contributed by atoms with E-state index in [0.29, 0.717) is 11.1 Å². The van der Waals surface area contributed by atoms with Crippen molar-refractivity contribution in [2.24, 2.45) is 17.3 Å². The van der Waals surface area contributed by atoms with Gasteiger partial charge in [-0.15, -0.1) is 0 Å². The lowest BCUT2D eigenvalue weighted by molar-refractivity contribution is -0.136. The molecule has 0 aromatic carbocycles. The maximum absolute atomic E-state index is 12.8. The number of aliphatic hydroxyl groups excluding tert-OH is 1. The van der Waals surface area contributed by atoms with Crippen molar-refractivity contribution in [3.63, 3.8) is 0 Å². The first kappa shape index (κ1) is 15.2. The lowest BCUT2D eigenvalue weighted by Gasteiger charge is -2.42. The van der Waals surface area contributed by atoms with E-state index in [-0.39, 0.29) is 35.3 Å². The van der Waals surface area contributed by atoms with Crippen molar-refractivity contribution >= 4 is 23.3 Å². The molecule has 1 heterocycles. The number of hydrogen-bond acceptors (Lipinski definition) is 4. The van der Waals surface area contributed by atoms with Crippen LogP contribution in [0.15, 0.2) is 0 Å². The fraction of sp³-hybridized carbons (Fsp3) is 0.875. The molecule has 4 nitrogen and oxygen atoms in total. The molecule has 0 aromatic heterocycles. The van der Waals surface area contributed by atoms with E-state index in [1.54, 1.807) is 4.90 Å². The standard InChI is InChI=1S/C16H25NO3S/c1-9(2)11(18)8-13(19)17-14(21)20-12-7-10-5-6-16(12,17)15(10,3)4/h9-12,18H,5-8H2,1-4H3/t10-,11+,12-,16+/m1/s1. The average Bonchev–Trinajstić information content (AvgIpc) is 2.89. The molecule has 1 aliphatic heterocycles. The van der Waals surface area contributed by atoms with Gasteiger partial charge in [-0.25, -0.2) is 0 Å². The first-order chi connectivity index (χ1) is 9.71. The van der Waals surface area contributed by atoms with Crippen molar-refractivity contribution in [3.05, 3.63) is 0 Å². The third-order valence-corrected chi connectivity index (χ3v) is 6.55. The number of ether oxygens (including phenoxy) is 1. The lowest BCUT2D eigenvalue weighted by Crippen LogP contribution is -2.57. The molecule has 0 unspecified atom stereocenters. The van der Waals surface area contributed by atoms with Gasteiger partial charge in [0.2, 0.25) is 5.91 Å². The maximum Gasteiger partial charge on any atom is 0.267 e. The quantitative estimate of drug-likeness (QED) is 0.814. The fourth-order valence-electron chi connectivity index (χ4n) is 4.73. The highest BCUT2D eigenvalue weighted by atomic mass is 32.1. The Morgan fingerprint density at radius 3 is 2.76 bits per heavy atom. The molecule has 2 aliphatic carbocycles. The van der Waals surface area contributed by atoms with Gasteiger partial charge in [0.15, 0.2) is 0 Å². The number of rotatable bonds is 3. The van der Waals surface area contributed by atoms with Crippen molar-refractivity contribution in [2.45, 2.75) is 71.1 Å². The van der Waals surface area contributed by atoms with Crippen LogP contribution in [0.5, 0.6) is 0 Å². The zero-order valence-electron chi connectivity index (χ0n) is 13.3. The van der Waals surface area contributed by atoms with Gasteiger partial charge < -0.3 is 9.84 Å². The highest BCUT2D eigenvalue weighted by molar-refractivity contribution is 7.80. The summed E-state index contributed by atoms with van der Waals surface area (Å²) in [5.41, 5.74) is -0.265. The van der Waals surface area contributed by atoms with E-state index in [1.807, 2.05) is 13.8 Å². The zero-order chi connectivity index (χ0) is 15.6. The third kappa shape index (κ3) is 1.83. The summed E-state index contributed by atoms with van der Waals surface area (Å²) in [6.45, 7) is 8.31. The summed E-state index contributed by atoms with van der Waals surface area (Å²) >= 11 is 5.35. The summed E-state index contributed by atoms with van der Waals surface area (Å²) < 4.78 is 5.88. The summed E-state index contributed by atoms with van der Waals surface area (Å²) in [4.78, 5) is 14.5. The maximum atomic E-state index is 12.8. The van der Waals surface area contributed by atoms with Crippen molar-refractivity contribution in [1.82, 2.24) is 4.90 Å². The van der Waals surface area contributed by atoms with Crippen LogP contribution < -0.4 is 0 Å². The molecule has 2 saturated carbocycles. The number of fused-ring (bicyclic) bond motifs is 1. The number of hydrogen-bond donors (Lipinski definition) is 1. The molecule has 118 valence electrons. The minimum atomic E-state index is -0.627. The van der Waals surface area contributed by atoms with Gasteiger partial charge in [0.05, 0.1) is 18.1 Å². The first-order valence-corrected chi connectivity index (χ1v) is 8.34. The van der Waals surface area contributed by atoms with Gasteiger partial charge in [-0.05, 0) is 48.7 Å². The second-order valence-corrected chi connectivity index (χ2v) is 8.08. The molecule has 5 heteroatoms. The van der Waals surface area contributed by atoms with E-state index >= 15 is 0 Å². The Morgan fingerprint density at radius 1 is 1.52 bits per heavy atom. The number of thiocarbonyl (C=S) groups is 1. The molecule has 3 rings (SSSR count). The van der Waals surface area contributed by atoms with Crippen molar-refractivity contribution < 1.29 is 14.6 Å². The van der Waals surface area contributed by atoms with Gasteiger partial charge in [-0.3, -0.25) is 9.69 Å². The van der Waals surface area contributed by atoms with Crippen LogP contribution in [0.1, 0.15) is 53.4 Å². The third-order valence-electron chi connectivity index (χ3n) is 6.27. The van der Waals surface area contributed by atoms with E-state index in [0.717, 1.165) is 19.3 Å². The van der Waals surface area contributed by atoms with E-state index in [1.165, 1.54) is 0 Å². The number of amides is 1. The molecule has 1 saturated heterocycles. The van der Waals surface area contributed by atoms with E-state index < -0.39 is 6.10 Å². The Labute approximate surface area is 131 Å². The van der Waals surface area contributed by atoms with E-state index in [4.69, 9.17) is 17.0 Å². The van der Waals surface area contributed by atoms with Crippen molar-refractivity contribution in [2.75, 3.05) is 0 Å². The first-order valence-electron chi connectivity index (χ1n) is 7.93. The summed E-state index contributed by atoms with van der Waals surface area (Å²) in [7, 11) is 0. The molecule has 3 fully saturated rings. The molecule has 0 radical (unpaired) electrons. The lowest BCUT2D eigenvalue weighted by atomic mass is 9.74. The Kier molecular flexibility index (Phi) is 3.38. The van der Waals surface area contributed by atoms with Crippen molar-refractivity contribution in [3.8, 4) is 0 Å². The second-order valence-electron chi connectivity index (χ2n) is 7.73. The number of aliphatic hydroxyl groups is 1. The molecular formula is C16H25NO3S. The molecule has 1 amide bonds. The molecular weight excluding hydrogens is 286 g/mol. The van der Waals surface area contributed by atoms with Crippen molar-refractivity contribution in [1.29, 1.82) is 0 Å². The molecule has 1 spiro atoms. The van der Waals surface area contributed by atoms with E-state index in [2.05, 4.69) is 13.8 Å². The van der Waals surface area contributed by atoms with Gasteiger partial charge in [-0.1, -0.05) is 27.7 Å². The smallest absolute Gasteiger partial charge is 0.267 e. The molecule has 0 aromatic rings. The summed E-state index contributed by atoms with van der Waals surface area (Å²) in [5, 5.41) is 10.4. The Balaban J connectivity index is 1.91. The Bertz CT molecular complexity index is 490. The predicted molar refractivity (Wildman–Crippen MR) is 83.6 cm³/mol. The Morgan fingerprint density at radius 2 is 2.19 bits per heavy atom. The summed E-state index contributed by atoms with van der Waals surface area (Å²) in [6, 6.07) is 0. The van der Waals surface area contributed by atoms with Crippen LogP contribution in [0.3, 0.4) is 0 Å². The molecule has 1 N–H and O–H groups in total. The number of carbonyl (C=O) groups is 1. The van der Waals surface area contributed by atoms with Gasteiger partial charge in [0, 0.05) is 0 Å². The fourth-order valence-corrected chi connectivity index (χ4v) is 5.11. The van der Waals surface area contributed by atoms with Crippen LogP contribution in [0, 0.1) is 17.3 Å². The zero-order valence-corrected chi connectivity index (χ0v) is 14.1. The van der Waals surface area contributed by atoms with Crippen LogP contribution in [-0.2, 0) is 9.53 Å². The van der Waals surface area contributed by atoms with Gasteiger partial charge in [0.1, 0.15) is 6.10 Å². The van der Waals surface area contributed by atoms with Gasteiger partial charge in [-0.2, -0.15) is 0 Å². The van der Waals surface area contributed by atoms with Crippen LogP contribution in [-0.4, -0.2) is 38.8 Å². The van der Waals surface area contributed by atoms with Crippen LogP contribution in [0.25, 0.3) is 0 Å². The highest BCUT2D eigenvalue weighted by Gasteiger charge is 2.72. The SMILES string of the molecule is CC(C)[C@@H](O)CC(=O)N1C(=S)O[C@@H]2C[C@H]3CC[C@@]21C3(C)C. The van der Waals surface area contributed by atoms with Gasteiger partial charge >= 0.3 is 0 Å². The topological polar surface area (TPSA) is 49.8 Å². The predicted octanol–water partition coefficient (Wildman–Crippen LogP) is 2.48. The second kappa shape index (κ2) is 4.66. The minimum absolute atomic E-state index is 0.0245. The average molecular weight is 311 g/mol.